The summed E-state index contributed by atoms with van der Waals surface area (Å²) in [4.78, 5) is 0. The summed E-state index contributed by atoms with van der Waals surface area (Å²) in [5, 5.41) is 4.10. The normalized spacial score (nSPS) is 14.7. The smallest absolute Gasteiger partial charge is 0.157 e. The maximum atomic E-state index is 5.34. The Labute approximate surface area is 122 Å². The fourth-order valence-corrected chi connectivity index (χ4v) is 4.07. The minimum Gasteiger partial charge on any atom is -0.359 e. The summed E-state index contributed by atoms with van der Waals surface area (Å²) >= 11 is 3.81. The zero-order valence-electron chi connectivity index (χ0n) is 11.7. The lowest BCUT2D eigenvalue weighted by Crippen LogP contribution is -2.04. The summed E-state index contributed by atoms with van der Waals surface area (Å²) in [5.41, 5.74) is 6.51. The van der Waals surface area contributed by atoms with Gasteiger partial charge in [0.2, 0.25) is 0 Å². The second kappa shape index (κ2) is 4.82. The van der Waals surface area contributed by atoms with Crippen molar-refractivity contribution in [2.75, 3.05) is 0 Å². The molecular weight excluding hydrogens is 304 g/mol. The third-order valence-corrected chi connectivity index (χ3v) is 4.92. The van der Waals surface area contributed by atoms with Crippen LogP contribution in [-0.4, -0.2) is 9.72 Å². The molecule has 0 spiro atoms. The molecule has 1 aliphatic carbocycles. The Kier molecular flexibility index (Phi) is 3.29. The minimum atomic E-state index is 0.889. The van der Waals surface area contributed by atoms with Gasteiger partial charge in [0, 0.05) is 5.69 Å². The van der Waals surface area contributed by atoms with E-state index < -0.39 is 0 Å². The zero-order valence-corrected chi connectivity index (χ0v) is 13.3. The largest absolute Gasteiger partial charge is 0.359 e. The highest BCUT2D eigenvalue weighted by Gasteiger charge is 2.26. The van der Waals surface area contributed by atoms with E-state index in [1.807, 2.05) is 13.8 Å². The molecule has 0 radical (unpaired) electrons. The Bertz CT molecular complexity index is 605. The van der Waals surface area contributed by atoms with Crippen molar-refractivity contribution in [3.05, 3.63) is 32.9 Å². The first-order chi connectivity index (χ1) is 9.15. The van der Waals surface area contributed by atoms with Crippen LogP contribution in [0.4, 0.5) is 0 Å². The van der Waals surface area contributed by atoms with Gasteiger partial charge in [-0.15, -0.1) is 0 Å². The number of aryl methyl sites for hydroxylation is 2. The van der Waals surface area contributed by atoms with E-state index in [1.54, 1.807) is 5.56 Å². The molecule has 0 aliphatic heterocycles. The van der Waals surface area contributed by atoms with Crippen molar-refractivity contribution in [3.8, 4) is 5.69 Å². The summed E-state index contributed by atoms with van der Waals surface area (Å²) in [6.45, 7) is 6.22. The molecule has 2 aromatic rings. The number of nitrogens with zero attached hydrogens (tertiary/aromatic N) is 2. The Hall–Kier alpha value is -1.03. The van der Waals surface area contributed by atoms with E-state index in [2.05, 4.69) is 32.6 Å². The summed E-state index contributed by atoms with van der Waals surface area (Å²) in [6.07, 6.45) is 6.02. The van der Waals surface area contributed by atoms with Gasteiger partial charge in [-0.2, -0.15) is 0 Å². The molecule has 102 valence electrons. The predicted octanol–water partition coefficient (Wildman–Crippen LogP) is 4.29. The molecule has 3 rings (SSSR count). The fraction of sp³-hybridized carbons (Fsp3) is 0.533. The molecule has 1 aliphatic rings. The van der Waals surface area contributed by atoms with Crippen LogP contribution in [0.15, 0.2) is 9.13 Å². The van der Waals surface area contributed by atoms with Gasteiger partial charge in [0.1, 0.15) is 11.4 Å². The Morgan fingerprint density at radius 2 is 1.89 bits per heavy atom. The van der Waals surface area contributed by atoms with E-state index in [9.17, 15) is 0 Å². The van der Waals surface area contributed by atoms with Gasteiger partial charge in [0.05, 0.1) is 4.60 Å². The van der Waals surface area contributed by atoms with Crippen molar-refractivity contribution in [2.24, 2.45) is 0 Å². The predicted molar refractivity (Wildman–Crippen MR) is 79.0 cm³/mol. The molecular formula is C15H19BrN2O. The standard InChI is InChI=1S/C15H19BrN2O/c1-4-13-11-7-5-6-8-12(11)15(16)18(13)14-9(2)17-19-10(14)3/h4-8H2,1-3H3. The third-order valence-electron chi connectivity index (χ3n) is 4.09. The number of halogens is 1. The third kappa shape index (κ3) is 1.88. The minimum absolute atomic E-state index is 0.889. The van der Waals surface area contributed by atoms with Crippen LogP contribution in [0.3, 0.4) is 0 Å². The Balaban J connectivity index is 2.29. The Morgan fingerprint density at radius 3 is 2.47 bits per heavy atom. The Morgan fingerprint density at radius 1 is 1.21 bits per heavy atom. The first-order valence-electron chi connectivity index (χ1n) is 6.99. The average Bonchev–Trinajstić information content (AvgIpc) is 2.88. The number of hydrogen-bond acceptors (Lipinski definition) is 2. The van der Waals surface area contributed by atoms with E-state index >= 15 is 0 Å². The molecule has 0 bridgehead atoms. The maximum Gasteiger partial charge on any atom is 0.157 e. The molecule has 2 aromatic heterocycles. The highest BCUT2D eigenvalue weighted by molar-refractivity contribution is 9.10. The number of fused-ring (bicyclic) bond motifs is 1. The van der Waals surface area contributed by atoms with Crippen LogP contribution in [0.25, 0.3) is 5.69 Å². The molecule has 3 nitrogen and oxygen atoms in total. The quantitative estimate of drug-likeness (QED) is 0.826. The molecule has 0 saturated carbocycles. The molecule has 0 unspecified atom stereocenters. The zero-order chi connectivity index (χ0) is 13.6. The molecule has 19 heavy (non-hydrogen) atoms. The van der Waals surface area contributed by atoms with Gasteiger partial charge in [0.15, 0.2) is 5.76 Å². The highest BCUT2D eigenvalue weighted by Crippen LogP contribution is 2.37. The first-order valence-corrected chi connectivity index (χ1v) is 7.78. The fourth-order valence-electron chi connectivity index (χ4n) is 3.24. The first kappa shape index (κ1) is 13.0. The van der Waals surface area contributed by atoms with Crippen molar-refractivity contribution >= 4 is 15.9 Å². The molecule has 0 fully saturated rings. The summed E-state index contributed by atoms with van der Waals surface area (Å²) in [5.74, 6) is 0.889. The molecule has 0 aromatic carbocycles. The van der Waals surface area contributed by atoms with Gasteiger partial charge in [-0.05, 0) is 73.0 Å². The number of hydrogen-bond donors (Lipinski definition) is 0. The van der Waals surface area contributed by atoms with Gasteiger partial charge in [-0.1, -0.05) is 12.1 Å². The van der Waals surface area contributed by atoms with Gasteiger partial charge in [-0.3, -0.25) is 0 Å². The van der Waals surface area contributed by atoms with Crippen LogP contribution in [0, 0.1) is 13.8 Å². The van der Waals surface area contributed by atoms with Crippen LogP contribution in [-0.2, 0) is 19.3 Å². The molecule has 0 saturated heterocycles. The lowest BCUT2D eigenvalue weighted by molar-refractivity contribution is 0.393. The van der Waals surface area contributed by atoms with Crippen LogP contribution in [0.5, 0.6) is 0 Å². The SMILES string of the molecule is CCc1c2c(c(Br)n1-c1c(C)noc1C)CCCC2. The monoisotopic (exact) mass is 322 g/mol. The topological polar surface area (TPSA) is 31.0 Å². The lowest BCUT2D eigenvalue weighted by Gasteiger charge is -2.12. The van der Waals surface area contributed by atoms with E-state index in [-0.39, 0.29) is 0 Å². The van der Waals surface area contributed by atoms with Crippen molar-refractivity contribution < 1.29 is 4.52 Å². The highest BCUT2D eigenvalue weighted by atomic mass is 79.9. The summed E-state index contributed by atoms with van der Waals surface area (Å²) in [6, 6.07) is 0. The van der Waals surface area contributed by atoms with Crippen molar-refractivity contribution in [2.45, 2.75) is 52.9 Å². The maximum absolute atomic E-state index is 5.34. The summed E-state index contributed by atoms with van der Waals surface area (Å²) in [7, 11) is 0. The lowest BCUT2D eigenvalue weighted by atomic mass is 9.93. The molecule has 0 N–H and O–H groups in total. The molecule has 0 amide bonds. The molecule has 0 atom stereocenters. The van der Waals surface area contributed by atoms with Crippen LogP contribution in [0.1, 0.15) is 48.0 Å². The van der Waals surface area contributed by atoms with Crippen LogP contribution in [0.2, 0.25) is 0 Å². The molecule has 4 heteroatoms. The number of rotatable bonds is 2. The van der Waals surface area contributed by atoms with Gasteiger partial charge >= 0.3 is 0 Å². The van der Waals surface area contributed by atoms with Crippen molar-refractivity contribution in [1.29, 1.82) is 0 Å². The van der Waals surface area contributed by atoms with E-state index in [4.69, 9.17) is 4.52 Å². The van der Waals surface area contributed by atoms with E-state index in [0.717, 1.165) is 23.6 Å². The second-order valence-corrected chi connectivity index (χ2v) is 6.01. The second-order valence-electron chi connectivity index (χ2n) is 5.26. The van der Waals surface area contributed by atoms with Crippen molar-refractivity contribution in [3.63, 3.8) is 0 Å². The van der Waals surface area contributed by atoms with Crippen LogP contribution < -0.4 is 0 Å². The number of aromatic nitrogens is 2. The van der Waals surface area contributed by atoms with E-state index in [0.29, 0.717) is 0 Å². The molecule has 2 heterocycles. The van der Waals surface area contributed by atoms with Gasteiger partial charge in [-0.25, -0.2) is 0 Å². The van der Waals surface area contributed by atoms with Gasteiger partial charge < -0.3 is 9.09 Å². The van der Waals surface area contributed by atoms with Crippen LogP contribution >= 0.6 is 15.9 Å². The van der Waals surface area contributed by atoms with Gasteiger partial charge in [0.25, 0.3) is 0 Å². The average molecular weight is 323 g/mol. The summed E-state index contributed by atoms with van der Waals surface area (Å²) < 4.78 is 8.86. The van der Waals surface area contributed by atoms with Crippen molar-refractivity contribution in [1.82, 2.24) is 9.72 Å². The van der Waals surface area contributed by atoms with E-state index in [1.165, 1.54) is 41.5 Å².